The smallest absolute Gasteiger partial charge is 0.289 e. The summed E-state index contributed by atoms with van der Waals surface area (Å²) in [5.74, 6) is 2.77. The molecule has 0 N–H and O–H groups in total. The number of rotatable bonds is 3. The number of hydrogen-bond acceptors (Lipinski definition) is 3. The van der Waals surface area contributed by atoms with Gasteiger partial charge >= 0.3 is 0 Å². The summed E-state index contributed by atoms with van der Waals surface area (Å²) in [4.78, 5) is 20.0. The maximum absolute atomic E-state index is 13.2. The van der Waals surface area contributed by atoms with Gasteiger partial charge in [-0.25, -0.2) is 4.98 Å². The molecule has 34 heavy (non-hydrogen) atoms. The van der Waals surface area contributed by atoms with Crippen LogP contribution >= 0.6 is 23.2 Å². The Hall–Kier alpha value is -1.10. The Morgan fingerprint density at radius 2 is 1.85 bits per heavy atom. The number of halogens is 2. The van der Waals surface area contributed by atoms with Crippen LogP contribution in [0.5, 0.6) is 0 Å². The predicted octanol–water partition coefficient (Wildman–Crippen LogP) is 6.78. The topological polar surface area (TPSA) is 38.1 Å². The second-order valence-electron chi connectivity index (χ2n) is 12.2. The fourth-order valence-electron chi connectivity index (χ4n) is 9.65. The standard InChI is InChI=1S/C28H35Cl2N3O/c1-2-27-15-17-10-18(27)12-19(27)13-21(11-17)33-20-6-5-9-28(33,30)16-22(14-20)32-24-8-4-3-7-23(24)31-25(29)26(32)34/h3-4,7-8,17-22H,2,5-6,9-16H2,1H3/t17-,18+,19+,20-,21-,22+,27?,28+/m1/s1. The third-order valence-corrected chi connectivity index (χ3v) is 11.6. The number of piperidine rings is 2. The molecule has 5 aliphatic rings. The van der Waals surface area contributed by atoms with Crippen LogP contribution in [-0.4, -0.2) is 31.5 Å². The van der Waals surface area contributed by atoms with E-state index < -0.39 is 0 Å². The lowest BCUT2D eigenvalue weighted by Gasteiger charge is -2.60. The van der Waals surface area contributed by atoms with Crippen LogP contribution in [0.1, 0.15) is 83.6 Å². The van der Waals surface area contributed by atoms with Crippen molar-refractivity contribution >= 4 is 34.2 Å². The quantitative estimate of drug-likeness (QED) is 0.345. The minimum atomic E-state index is -0.362. The van der Waals surface area contributed by atoms with E-state index in [0.29, 0.717) is 17.5 Å². The Labute approximate surface area is 212 Å². The summed E-state index contributed by atoms with van der Waals surface area (Å²) in [5.41, 5.74) is 2.14. The lowest BCUT2D eigenvalue weighted by atomic mass is 9.52. The molecule has 182 valence electrons. The number of nitrogens with zero attached hydrogens (tertiary/aromatic N) is 3. The molecular formula is C28H35Cl2N3O. The van der Waals surface area contributed by atoms with Gasteiger partial charge in [-0.15, -0.1) is 11.6 Å². The van der Waals surface area contributed by atoms with Crippen LogP contribution in [-0.2, 0) is 0 Å². The van der Waals surface area contributed by atoms with Gasteiger partial charge in [0, 0.05) is 24.5 Å². The van der Waals surface area contributed by atoms with E-state index in [2.05, 4.69) is 16.8 Å². The van der Waals surface area contributed by atoms with Crippen LogP contribution in [0, 0.1) is 23.2 Å². The molecule has 0 radical (unpaired) electrons. The van der Waals surface area contributed by atoms with Crippen molar-refractivity contribution in [3.63, 3.8) is 0 Å². The highest BCUT2D eigenvalue weighted by atomic mass is 35.5. The lowest BCUT2D eigenvalue weighted by Crippen LogP contribution is -2.63. The van der Waals surface area contributed by atoms with E-state index in [1.165, 1.54) is 51.4 Å². The molecule has 2 aromatic rings. The Morgan fingerprint density at radius 3 is 2.68 bits per heavy atom. The van der Waals surface area contributed by atoms with E-state index in [-0.39, 0.29) is 21.8 Å². The Morgan fingerprint density at radius 1 is 1.03 bits per heavy atom. The highest BCUT2D eigenvalue weighted by Gasteiger charge is 2.62. The molecule has 1 aromatic heterocycles. The summed E-state index contributed by atoms with van der Waals surface area (Å²) in [6, 6.07) is 8.99. The zero-order valence-electron chi connectivity index (χ0n) is 20.1. The highest BCUT2D eigenvalue weighted by Crippen LogP contribution is 2.69. The molecule has 3 saturated carbocycles. The van der Waals surface area contributed by atoms with Crippen molar-refractivity contribution in [1.29, 1.82) is 0 Å². The number of fused-ring (bicyclic) bond motifs is 4. The van der Waals surface area contributed by atoms with Gasteiger partial charge in [0.05, 0.1) is 16.0 Å². The van der Waals surface area contributed by atoms with Gasteiger partial charge in [-0.1, -0.05) is 30.7 Å². The number of para-hydroxylation sites is 2. The third kappa shape index (κ3) is 3.00. The number of aromatic nitrogens is 2. The zero-order valence-corrected chi connectivity index (χ0v) is 21.6. The second kappa shape index (κ2) is 7.70. The van der Waals surface area contributed by atoms with Gasteiger partial charge < -0.3 is 4.57 Å². The van der Waals surface area contributed by atoms with E-state index in [9.17, 15) is 4.79 Å². The van der Waals surface area contributed by atoms with E-state index in [0.717, 1.165) is 48.0 Å². The SMILES string of the molecule is CCC12C[C@H]3C[C@@H](N4[C@@H]5CCC[C@@]4(Cl)C[C@@H](n4c(=O)c(Cl)nc6ccccc64)C5)C[C@@H]1C[C@@H]2C3. The monoisotopic (exact) mass is 499 g/mol. The molecule has 7 rings (SSSR count). The summed E-state index contributed by atoms with van der Waals surface area (Å²) in [7, 11) is 0. The first-order valence-corrected chi connectivity index (χ1v) is 14.3. The predicted molar refractivity (Wildman–Crippen MR) is 137 cm³/mol. The maximum atomic E-state index is 13.2. The summed E-state index contributed by atoms with van der Waals surface area (Å²) in [5, 5.41) is 0.0686. The molecule has 1 unspecified atom stereocenters. The van der Waals surface area contributed by atoms with Gasteiger partial charge in [-0.2, -0.15) is 0 Å². The van der Waals surface area contributed by atoms with Crippen molar-refractivity contribution < 1.29 is 0 Å². The molecule has 3 heterocycles. The van der Waals surface area contributed by atoms with Crippen molar-refractivity contribution in [1.82, 2.24) is 14.5 Å². The van der Waals surface area contributed by atoms with Crippen LogP contribution < -0.4 is 5.56 Å². The summed E-state index contributed by atoms with van der Waals surface area (Å²) in [6.45, 7) is 2.44. The van der Waals surface area contributed by atoms with Gasteiger partial charge in [-0.3, -0.25) is 9.69 Å². The molecule has 0 spiro atoms. The van der Waals surface area contributed by atoms with Crippen molar-refractivity contribution in [3.8, 4) is 0 Å². The van der Waals surface area contributed by atoms with Crippen LogP contribution in [0.4, 0.5) is 0 Å². The summed E-state index contributed by atoms with van der Waals surface area (Å²) >= 11 is 14.0. The number of alkyl halides is 1. The van der Waals surface area contributed by atoms with Crippen molar-refractivity contribution in [2.45, 2.75) is 101 Å². The molecule has 3 aliphatic carbocycles. The average molecular weight is 501 g/mol. The van der Waals surface area contributed by atoms with Gasteiger partial charge in [0.1, 0.15) is 0 Å². The normalized spacial score (nSPS) is 43.5. The molecule has 6 heteroatoms. The first-order valence-electron chi connectivity index (χ1n) is 13.6. The van der Waals surface area contributed by atoms with Gasteiger partial charge in [0.2, 0.25) is 0 Å². The summed E-state index contributed by atoms with van der Waals surface area (Å²) in [6.07, 6.45) is 13.6. The van der Waals surface area contributed by atoms with E-state index >= 15 is 0 Å². The Kier molecular flexibility index (Phi) is 5.01. The zero-order chi connectivity index (χ0) is 23.2. The minimum absolute atomic E-state index is 0.0641. The highest BCUT2D eigenvalue weighted by molar-refractivity contribution is 6.29. The molecule has 4 nitrogen and oxygen atoms in total. The second-order valence-corrected chi connectivity index (χ2v) is 13.2. The van der Waals surface area contributed by atoms with E-state index in [1.54, 1.807) is 0 Å². The minimum Gasteiger partial charge on any atom is -0.301 e. The van der Waals surface area contributed by atoms with Crippen molar-refractivity contribution in [2.24, 2.45) is 23.2 Å². The van der Waals surface area contributed by atoms with Crippen LogP contribution in [0.2, 0.25) is 5.15 Å². The number of hydrogen-bond donors (Lipinski definition) is 0. The molecule has 4 bridgehead atoms. The Bertz CT molecular complexity index is 1200. The largest absolute Gasteiger partial charge is 0.301 e. The van der Waals surface area contributed by atoms with Crippen LogP contribution in [0.15, 0.2) is 29.1 Å². The maximum Gasteiger partial charge on any atom is 0.289 e. The Balaban J connectivity index is 1.24. The van der Waals surface area contributed by atoms with Gasteiger partial charge in [0.25, 0.3) is 5.56 Å². The third-order valence-electron chi connectivity index (χ3n) is 10.9. The molecule has 0 amide bonds. The number of benzene rings is 1. The van der Waals surface area contributed by atoms with Gasteiger partial charge in [0.15, 0.2) is 5.15 Å². The van der Waals surface area contributed by atoms with Crippen molar-refractivity contribution in [2.75, 3.05) is 0 Å². The molecule has 8 atom stereocenters. The average Bonchev–Trinajstić information content (AvgIpc) is 2.99. The van der Waals surface area contributed by atoms with Crippen LogP contribution in [0.25, 0.3) is 11.0 Å². The van der Waals surface area contributed by atoms with Crippen LogP contribution in [0.3, 0.4) is 0 Å². The fraction of sp³-hybridized carbons (Fsp3) is 0.714. The van der Waals surface area contributed by atoms with Crippen molar-refractivity contribution in [3.05, 3.63) is 39.8 Å². The van der Waals surface area contributed by atoms with E-state index in [1.807, 2.05) is 28.8 Å². The summed E-state index contributed by atoms with van der Waals surface area (Å²) < 4.78 is 1.93. The first kappa shape index (κ1) is 22.1. The molecule has 2 saturated heterocycles. The molecular weight excluding hydrogens is 465 g/mol. The lowest BCUT2D eigenvalue weighted by molar-refractivity contribution is -0.0858. The molecule has 1 aromatic carbocycles. The van der Waals surface area contributed by atoms with Gasteiger partial charge in [-0.05, 0) is 99.5 Å². The molecule has 2 aliphatic heterocycles. The first-order chi connectivity index (χ1) is 16.4. The molecule has 5 fully saturated rings. The fourth-order valence-corrected chi connectivity index (χ4v) is 10.4. The van der Waals surface area contributed by atoms with E-state index in [4.69, 9.17) is 23.2 Å².